The lowest BCUT2D eigenvalue weighted by molar-refractivity contribution is -0.175. The van der Waals surface area contributed by atoms with Crippen molar-refractivity contribution in [3.63, 3.8) is 0 Å². The topological polar surface area (TPSA) is 30.5 Å². The number of alkyl halides is 3. The van der Waals surface area contributed by atoms with Gasteiger partial charge in [0.05, 0.1) is 19.8 Å². The minimum atomic E-state index is -4.29. The summed E-state index contributed by atoms with van der Waals surface area (Å²) in [6.45, 7) is 1.27. The molecule has 0 heterocycles. The van der Waals surface area contributed by atoms with Crippen molar-refractivity contribution in [2.24, 2.45) is 0 Å². The third-order valence-corrected chi connectivity index (χ3v) is 2.52. The molecule has 0 fully saturated rings. The first kappa shape index (κ1) is 15.8. The molecule has 6 heteroatoms. The average molecular weight is 277 g/mol. The van der Waals surface area contributed by atoms with Gasteiger partial charge in [-0.3, -0.25) is 0 Å². The van der Waals surface area contributed by atoms with Crippen LogP contribution in [-0.2, 0) is 4.74 Å². The molecule has 0 saturated heterocycles. The van der Waals surface area contributed by atoms with Gasteiger partial charge in [-0.2, -0.15) is 13.2 Å². The molecule has 0 amide bonds. The summed E-state index contributed by atoms with van der Waals surface area (Å²) in [7, 11) is 1.56. The number of rotatable bonds is 7. The first-order valence-electron chi connectivity index (χ1n) is 5.98. The SMILES string of the molecule is CCNC(COCC(F)(F)F)c1ccc(OC)cc1. The van der Waals surface area contributed by atoms with Crippen LogP contribution < -0.4 is 10.1 Å². The van der Waals surface area contributed by atoms with Gasteiger partial charge in [0.2, 0.25) is 0 Å². The third-order valence-electron chi connectivity index (χ3n) is 2.52. The monoisotopic (exact) mass is 277 g/mol. The minimum absolute atomic E-state index is 0.0281. The van der Waals surface area contributed by atoms with Crippen LogP contribution in [0.5, 0.6) is 5.75 Å². The van der Waals surface area contributed by atoms with Crippen LogP contribution in [0.4, 0.5) is 13.2 Å². The Balaban J connectivity index is 2.60. The second-order valence-electron chi connectivity index (χ2n) is 4.01. The molecular formula is C13H18F3NO2. The molecule has 1 N–H and O–H groups in total. The molecule has 1 rings (SSSR count). The van der Waals surface area contributed by atoms with E-state index in [4.69, 9.17) is 9.47 Å². The van der Waals surface area contributed by atoms with Gasteiger partial charge in [0.15, 0.2) is 0 Å². The molecular weight excluding hydrogens is 259 g/mol. The highest BCUT2D eigenvalue weighted by Crippen LogP contribution is 2.20. The quantitative estimate of drug-likeness (QED) is 0.831. The van der Waals surface area contributed by atoms with Crippen LogP contribution in [-0.4, -0.2) is 33.0 Å². The molecule has 0 aliphatic rings. The molecule has 0 radical (unpaired) electrons. The van der Waals surface area contributed by atoms with E-state index in [9.17, 15) is 13.2 Å². The summed E-state index contributed by atoms with van der Waals surface area (Å²) in [5, 5.41) is 3.09. The Morgan fingerprint density at radius 3 is 2.32 bits per heavy atom. The van der Waals surface area contributed by atoms with E-state index in [1.165, 1.54) is 0 Å². The van der Waals surface area contributed by atoms with E-state index in [1.807, 2.05) is 19.1 Å². The van der Waals surface area contributed by atoms with Crippen molar-refractivity contribution in [1.29, 1.82) is 0 Å². The Morgan fingerprint density at radius 2 is 1.84 bits per heavy atom. The molecule has 1 unspecified atom stereocenters. The van der Waals surface area contributed by atoms with Crippen molar-refractivity contribution in [1.82, 2.24) is 5.32 Å². The summed E-state index contributed by atoms with van der Waals surface area (Å²) in [4.78, 5) is 0. The molecule has 0 saturated carbocycles. The number of hydrogen-bond acceptors (Lipinski definition) is 3. The van der Waals surface area contributed by atoms with Crippen LogP contribution in [0.2, 0.25) is 0 Å². The highest BCUT2D eigenvalue weighted by Gasteiger charge is 2.28. The van der Waals surface area contributed by atoms with Crippen LogP contribution in [0.3, 0.4) is 0 Å². The number of halogens is 3. The average Bonchev–Trinajstić information content (AvgIpc) is 2.36. The maximum Gasteiger partial charge on any atom is 0.411 e. The van der Waals surface area contributed by atoms with Crippen molar-refractivity contribution in [3.8, 4) is 5.75 Å². The van der Waals surface area contributed by atoms with Crippen LogP contribution in [0, 0.1) is 0 Å². The lowest BCUT2D eigenvalue weighted by Crippen LogP contribution is -2.27. The summed E-state index contributed by atoms with van der Waals surface area (Å²) in [5.74, 6) is 0.704. The van der Waals surface area contributed by atoms with Gasteiger partial charge in [0, 0.05) is 0 Å². The van der Waals surface area contributed by atoms with Gasteiger partial charge in [-0.1, -0.05) is 19.1 Å². The number of ether oxygens (including phenoxy) is 2. The minimum Gasteiger partial charge on any atom is -0.497 e. The second kappa shape index (κ2) is 7.35. The van der Waals surface area contributed by atoms with Crippen molar-refractivity contribution in [3.05, 3.63) is 29.8 Å². The Bertz CT molecular complexity index is 365. The molecule has 1 atom stereocenters. The second-order valence-corrected chi connectivity index (χ2v) is 4.01. The van der Waals surface area contributed by atoms with Crippen molar-refractivity contribution in [2.45, 2.75) is 19.1 Å². The summed E-state index contributed by atoms with van der Waals surface area (Å²) < 4.78 is 45.8. The largest absolute Gasteiger partial charge is 0.497 e. The fourth-order valence-corrected chi connectivity index (χ4v) is 1.65. The van der Waals surface area contributed by atoms with Gasteiger partial charge in [-0.25, -0.2) is 0 Å². The Labute approximate surface area is 110 Å². The zero-order valence-corrected chi connectivity index (χ0v) is 11.0. The van der Waals surface area contributed by atoms with Gasteiger partial charge < -0.3 is 14.8 Å². The normalized spacial score (nSPS) is 13.3. The number of benzene rings is 1. The lowest BCUT2D eigenvalue weighted by Gasteiger charge is -2.19. The zero-order chi connectivity index (χ0) is 14.3. The Kier molecular flexibility index (Phi) is 6.11. The van der Waals surface area contributed by atoms with Gasteiger partial charge in [-0.05, 0) is 24.2 Å². The van der Waals surface area contributed by atoms with Crippen molar-refractivity contribution in [2.75, 3.05) is 26.9 Å². The van der Waals surface area contributed by atoms with Gasteiger partial charge >= 0.3 is 6.18 Å². The molecule has 0 aliphatic heterocycles. The zero-order valence-electron chi connectivity index (χ0n) is 11.0. The Hall–Kier alpha value is -1.27. The van der Waals surface area contributed by atoms with Gasteiger partial charge in [-0.15, -0.1) is 0 Å². The van der Waals surface area contributed by atoms with Gasteiger partial charge in [0.25, 0.3) is 0 Å². The predicted octanol–water partition coefficient (Wildman–Crippen LogP) is 2.92. The smallest absolute Gasteiger partial charge is 0.411 e. The van der Waals surface area contributed by atoms with Crippen LogP contribution in [0.1, 0.15) is 18.5 Å². The fourth-order valence-electron chi connectivity index (χ4n) is 1.65. The molecule has 0 aliphatic carbocycles. The summed E-state index contributed by atoms with van der Waals surface area (Å²) in [6, 6.07) is 6.89. The van der Waals surface area contributed by atoms with Crippen molar-refractivity contribution >= 4 is 0 Å². The van der Waals surface area contributed by atoms with E-state index in [-0.39, 0.29) is 12.6 Å². The van der Waals surface area contributed by atoms with Crippen LogP contribution >= 0.6 is 0 Å². The molecule has 0 aromatic heterocycles. The fraction of sp³-hybridized carbons (Fsp3) is 0.538. The summed E-state index contributed by atoms with van der Waals surface area (Å²) in [6.07, 6.45) is -4.29. The summed E-state index contributed by atoms with van der Waals surface area (Å²) >= 11 is 0. The van der Waals surface area contributed by atoms with E-state index in [0.717, 1.165) is 5.56 Å². The molecule has 108 valence electrons. The predicted molar refractivity (Wildman–Crippen MR) is 66.3 cm³/mol. The van der Waals surface area contributed by atoms with Crippen LogP contribution in [0.15, 0.2) is 24.3 Å². The van der Waals surface area contributed by atoms with E-state index < -0.39 is 12.8 Å². The number of nitrogens with one attached hydrogen (secondary N) is 1. The molecule has 1 aromatic carbocycles. The molecule has 1 aromatic rings. The summed E-state index contributed by atoms with van der Waals surface area (Å²) in [5.41, 5.74) is 0.866. The number of methoxy groups -OCH3 is 1. The number of likely N-dealkylation sites (N-methyl/N-ethyl adjacent to an activating group) is 1. The van der Waals surface area contributed by atoms with E-state index in [0.29, 0.717) is 12.3 Å². The molecule has 0 spiro atoms. The maximum atomic E-state index is 12.0. The Morgan fingerprint density at radius 1 is 1.21 bits per heavy atom. The highest BCUT2D eigenvalue weighted by molar-refractivity contribution is 5.29. The highest BCUT2D eigenvalue weighted by atomic mass is 19.4. The van der Waals surface area contributed by atoms with E-state index in [1.54, 1.807) is 19.2 Å². The lowest BCUT2D eigenvalue weighted by atomic mass is 10.1. The first-order chi connectivity index (χ1) is 8.96. The van der Waals surface area contributed by atoms with Crippen LogP contribution in [0.25, 0.3) is 0 Å². The van der Waals surface area contributed by atoms with Crippen molar-refractivity contribution < 1.29 is 22.6 Å². The third kappa shape index (κ3) is 5.94. The molecule has 19 heavy (non-hydrogen) atoms. The first-order valence-corrected chi connectivity index (χ1v) is 5.98. The van der Waals surface area contributed by atoms with E-state index in [2.05, 4.69) is 5.32 Å². The van der Waals surface area contributed by atoms with Gasteiger partial charge in [0.1, 0.15) is 12.4 Å². The number of hydrogen-bond donors (Lipinski definition) is 1. The van der Waals surface area contributed by atoms with E-state index >= 15 is 0 Å². The maximum absolute atomic E-state index is 12.0. The molecule has 3 nitrogen and oxygen atoms in total. The molecule has 0 bridgehead atoms. The standard InChI is InChI=1S/C13H18F3NO2/c1-3-17-12(8-19-9-13(14,15)16)10-4-6-11(18-2)7-5-10/h4-7,12,17H,3,8-9H2,1-2H3.